The van der Waals surface area contributed by atoms with Gasteiger partial charge in [-0.1, -0.05) is 188 Å². The first-order chi connectivity index (χ1) is 33.6. The number of hydrogen-bond donors (Lipinski definition) is 0. The monoisotopic (exact) mass is 924 g/mol. The molecule has 0 amide bonds. The minimum atomic E-state index is -1.23. The van der Waals surface area contributed by atoms with E-state index in [2.05, 4.69) is 6.58 Å². The highest BCUT2D eigenvalue weighted by molar-refractivity contribution is 5.18. The lowest BCUT2D eigenvalue weighted by Crippen LogP contribution is -2.66. The molecule has 2 fully saturated rings. The molecule has 6 aromatic carbocycles. The second-order valence-electron chi connectivity index (χ2n) is 16.8. The fraction of sp³-hybridized carbons (Fsp3) is 0.333. The molecule has 11 heteroatoms. The van der Waals surface area contributed by atoms with Crippen LogP contribution in [0.15, 0.2) is 195 Å². The van der Waals surface area contributed by atoms with Crippen molar-refractivity contribution in [1.82, 2.24) is 0 Å². The van der Waals surface area contributed by atoms with E-state index in [0.717, 1.165) is 33.4 Å². The number of ether oxygens (including phenoxy) is 10. The molecule has 68 heavy (non-hydrogen) atoms. The third-order valence-electron chi connectivity index (χ3n) is 11.8. The van der Waals surface area contributed by atoms with Crippen molar-refractivity contribution in [2.45, 2.75) is 101 Å². The minimum absolute atomic E-state index is 0.0651. The van der Waals surface area contributed by atoms with Crippen molar-refractivity contribution >= 4 is 0 Å². The third kappa shape index (κ3) is 14.1. The molecule has 2 heterocycles. The number of halogens is 1. The zero-order valence-corrected chi connectivity index (χ0v) is 38.2. The molecule has 8 rings (SSSR count). The summed E-state index contributed by atoms with van der Waals surface area (Å²) in [4.78, 5) is 0. The molecule has 0 saturated carbocycles. The van der Waals surface area contributed by atoms with Crippen LogP contribution in [0.2, 0.25) is 0 Å². The van der Waals surface area contributed by atoms with Crippen molar-refractivity contribution in [3.05, 3.63) is 228 Å². The number of rotatable bonds is 25. The summed E-state index contributed by atoms with van der Waals surface area (Å²) in [6.07, 6.45) is -7.82. The first kappa shape index (κ1) is 49.0. The van der Waals surface area contributed by atoms with E-state index in [9.17, 15) is 0 Å². The van der Waals surface area contributed by atoms with E-state index < -0.39 is 68.1 Å². The van der Waals surface area contributed by atoms with Gasteiger partial charge < -0.3 is 47.4 Å². The summed E-state index contributed by atoms with van der Waals surface area (Å²) in [5, 5.41) is 0. The van der Waals surface area contributed by atoms with Crippen molar-refractivity contribution in [1.29, 1.82) is 0 Å². The van der Waals surface area contributed by atoms with Gasteiger partial charge in [0.05, 0.1) is 52.9 Å². The highest BCUT2D eigenvalue weighted by Crippen LogP contribution is 2.37. The van der Waals surface area contributed by atoms with Crippen LogP contribution in [0.25, 0.3) is 0 Å². The van der Waals surface area contributed by atoms with Gasteiger partial charge >= 0.3 is 0 Å². The van der Waals surface area contributed by atoms with Crippen LogP contribution in [0.1, 0.15) is 33.4 Å². The average Bonchev–Trinajstić information content (AvgIpc) is 3.40. The van der Waals surface area contributed by atoms with Crippen LogP contribution >= 0.6 is 0 Å². The molecule has 0 aliphatic carbocycles. The van der Waals surface area contributed by atoms with E-state index in [-0.39, 0.29) is 46.2 Å². The van der Waals surface area contributed by atoms with E-state index in [1.165, 1.54) is 0 Å². The quantitative estimate of drug-likeness (QED) is 0.0517. The Hall–Kier alpha value is -5.41. The summed E-state index contributed by atoms with van der Waals surface area (Å²) in [5.74, 6) is 0. The molecular weight excluding hydrogens is 864 g/mol. The average molecular weight is 925 g/mol. The van der Waals surface area contributed by atoms with Crippen LogP contribution in [0.5, 0.6) is 0 Å². The molecule has 0 radical (unpaired) electrons. The second kappa shape index (κ2) is 26.4. The standard InChI is InChI=1S/C57H61FO10/c1-2-33-60-56-54(64-39-46-29-17-7-18-30-46)53(63-38-45-27-15-6-16-28-45)51(49(67-56)41-59-35-42-21-9-3-10-22-42)68-57-55(65-40-47-31-19-8-20-32-47)52(62-37-44-25-13-5-14-26-44)50(48(34-58)66-57)61-36-43-23-11-4-12-24-43/h2-32,48-57H,1,33-41H2/t48-,49-,50-,51-,52+,53+,54-,55-,56?,57+/m1/s1. The fourth-order valence-electron chi connectivity index (χ4n) is 8.37. The Bertz CT molecular complexity index is 2300. The molecule has 356 valence electrons. The smallest absolute Gasteiger partial charge is 0.187 e. The molecule has 6 aromatic rings. The lowest BCUT2D eigenvalue weighted by molar-refractivity contribution is -0.375. The van der Waals surface area contributed by atoms with Crippen molar-refractivity contribution in [2.75, 3.05) is 19.9 Å². The Kier molecular flexibility index (Phi) is 19.0. The molecule has 2 aliphatic heterocycles. The molecular formula is C57H61FO10. The Morgan fingerprint density at radius 1 is 0.382 bits per heavy atom. The Morgan fingerprint density at radius 2 is 0.721 bits per heavy atom. The van der Waals surface area contributed by atoms with Crippen LogP contribution in [-0.4, -0.2) is 81.3 Å². The SMILES string of the molecule is C=CCOC1O[C@H](COCc2ccccc2)[C@@H](O[C@@H]2O[C@H](CF)[C@@H](OCc3ccccc3)[C@H](OCc3ccccc3)[C@H]2OCc2ccccc2)[C@H](OCc2ccccc2)[C@H]1OCc1ccccc1. The molecule has 0 bridgehead atoms. The van der Waals surface area contributed by atoms with Crippen molar-refractivity contribution in [2.24, 2.45) is 0 Å². The minimum Gasteiger partial charge on any atom is -0.374 e. The molecule has 0 aromatic heterocycles. The van der Waals surface area contributed by atoms with Gasteiger partial charge in [-0.25, -0.2) is 4.39 Å². The molecule has 10 atom stereocenters. The van der Waals surface area contributed by atoms with Gasteiger partial charge in [-0.15, -0.1) is 6.58 Å². The second-order valence-corrected chi connectivity index (χ2v) is 16.8. The van der Waals surface area contributed by atoms with Crippen molar-refractivity contribution in [3.63, 3.8) is 0 Å². The molecule has 1 unspecified atom stereocenters. The highest BCUT2D eigenvalue weighted by Gasteiger charge is 2.54. The van der Waals surface area contributed by atoms with Gasteiger partial charge in [0.25, 0.3) is 0 Å². The molecule has 2 aliphatic rings. The third-order valence-corrected chi connectivity index (χ3v) is 11.8. The summed E-state index contributed by atoms with van der Waals surface area (Å²) >= 11 is 0. The van der Waals surface area contributed by atoms with E-state index in [4.69, 9.17) is 47.4 Å². The summed E-state index contributed by atoms with van der Waals surface area (Å²) in [6.45, 7) is 4.53. The summed E-state index contributed by atoms with van der Waals surface area (Å²) < 4.78 is 83.5. The Balaban J connectivity index is 1.18. The van der Waals surface area contributed by atoms with Gasteiger partial charge in [-0.2, -0.15) is 0 Å². The summed E-state index contributed by atoms with van der Waals surface area (Å²) in [6, 6.07) is 59.0. The predicted molar refractivity (Wildman–Crippen MR) is 256 cm³/mol. The first-order valence-electron chi connectivity index (χ1n) is 23.3. The van der Waals surface area contributed by atoms with Crippen LogP contribution in [0.4, 0.5) is 4.39 Å². The molecule has 10 nitrogen and oxygen atoms in total. The normalized spacial score (nSPS) is 24.9. The van der Waals surface area contributed by atoms with E-state index >= 15 is 4.39 Å². The van der Waals surface area contributed by atoms with Crippen LogP contribution in [0, 0.1) is 0 Å². The van der Waals surface area contributed by atoms with Gasteiger partial charge in [0.15, 0.2) is 12.6 Å². The zero-order chi connectivity index (χ0) is 46.6. The summed E-state index contributed by atoms with van der Waals surface area (Å²) in [5.41, 5.74) is 5.61. The van der Waals surface area contributed by atoms with Gasteiger partial charge in [-0.05, 0) is 33.4 Å². The van der Waals surface area contributed by atoms with Gasteiger partial charge in [0, 0.05) is 0 Å². The van der Waals surface area contributed by atoms with Crippen LogP contribution in [-0.2, 0) is 87.0 Å². The highest BCUT2D eigenvalue weighted by atomic mass is 19.1. The number of alkyl halides is 1. The van der Waals surface area contributed by atoms with Gasteiger partial charge in [-0.3, -0.25) is 0 Å². The lowest BCUT2D eigenvalue weighted by Gasteiger charge is -2.50. The molecule has 0 spiro atoms. The van der Waals surface area contributed by atoms with Crippen LogP contribution in [0.3, 0.4) is 0 Å². The maximum Gasteiger partial charge on any atom is 0.187 e. The maximum atomic E-state index is 15.7. The summed E-state index contributed by atoms with van der Waals surface area (Å²) in [7, 11) is 0. The largest absolute Gasteiger partial charge is 0.374 e. The van der Waals surface area contributed by atoms with E-state index in [0.29, 0.717) is 6.61 Å². The predicted octanol–water partition coefficient (Wildman–Crippen LogP) is 10.1. The first-order valence-corrected chi connectivity index (χ1v) is 23.3. The zero-order valence-electron chi connectivity index (χ0n) is 38.2. The maximum absolute atomic E-state index is 15.7. The Morgan fingerprint density at radius 3 is 1.12 bits per heavy atom. The molecule has 2 saturated heterocycles. The van der Waals surface area contributed by atoms with E-state index in [1.807, 2.05) is 182 Å². The lowest BCUT2D eigenvalue weighted by atomic mass is 9.95. The topological polar surface area (TPSA) is 92.3 Å². The van der Waals surface area contributed by atoms with E-state index in [1.54, 1.807) is 6.08 Å². The van der Waals surface area contributed by atoms with Gasteiger partial charge in [0.2, 0.25) is 0 Å². The van der Waals surface area contributed by atoms with Crippen molar-refractivity contribution in [3.8, 4) is 0 Å². The van der Waals surface area contributed by atoms with Crippen LogP contribution < -0.4 is 0 Å². The number of benzene rings is 6. The van der Waals surface area contributed by atoms with Crippen molar-refractivity contribution < 1.29 is 51.8 Å². The Labute approximate surface area is 399 Å². The fourth-order valence-corrected chi connectivity index (χ4v) is 8.37. The number of hydrogen-bond acceptors (Lipinski definition) is 10. The molecule has 0 N–H and O–H groups in total. The van der Waals surface area contributed by atoms with Gasteiger partial charge in [0.1, 0.15) is 55.5 Å².